The number of benzene rings is 1. The van der Waals surface area contributed by atoms with Crippen LogP contribution in [0.25, 0.3) is 0 Å². The highest BCUT2D eigenvalue weighted by atomic mass is 16.5. The lowest BCUT2D eigenvalue weighted by Gasteiger charge is -2.04. The van der Waals surface area contributed by atoms with Crippen LogP contribution in [0.2, 0.25) is 0 Å². The van der Waals surface area contributed by atoms with E-state index in [1.807, 2.05) is 18.2 Å². The van der Waals surface area contributed by atoms with E-state index >= 15 is 0 Å². The number of aromatic amines is 1. The minimum Gasteiger partial charge on any atom is -0.372 e. The Labute approximate surface area is 97.8 Å². The Kier molecular flexibility index (Phi) is 2.38. The Balaban J connectivity index is 1.82. The van der Waals surface area contributed by atoms with Crippen LogP contribution in [-0.4, -0.2) is 16.1 Å². The number of carbonyl (C=O) groups excluding carboxylic acids is 1. The van der Waals surface area contributed by atoms with Crippen LogP contribution in [0.15, 0.2) is 30.6 Å². The van der Waals surface area contributed by atoms with Gasteiger partial charge in [-0.05, 0) is 23.3 Å². The molecule has 2 heterocycles. The van der Waals surface area contributed by atoms with Gasteiger partial charge in [0.25, 0.3) is 5.91 Å². The average Bonchev–Trinajstić information content (AvgIpc) is 2.97. The molecule has 0 aliphatic carbocycles. The van der Waals surface area contributed by atoms with E-state index in [2.05, 4.69) is 15.5 Å². The van der Waals surface area contributed by atoms with Crippen molar-refractivity contribution in [1.82, 2.24) is 10.2 Å². The van der Waals surface area contributed by atoms with Crippen molar-refractivity contribution in [3.63, 3.8) is 0 Å². The zero-order valence-electron chi connectivity index (χ0n) is 9.06. The van der Waals surface area contributed by atoms with Crippen molar-refractivity contribution < 1.29 is 9.53 Å². The molecular formula is C12H11N3O2. The Morgan fingerprint density at radius 3 is 3.06 bits per heavy atom. The number of rotatable bonds is 2. The van der Waals surface area contributed by atoms with Crippen LogP contribution in [0.3, 0.4) is 0 Å². The molecule has 0 radical (unpaired) electrons. The van der Waals surface area contributed by atoms with Gasteiger partial charge < -0.3 is 10.1 Å². The molecule has 0 atom stereocenters. The number of amides is 1. The smallest absolute Gasteiger partial charge is 0.255 e. The number of H-pyrrole nitrogens is 1. The van der Waals surface area contributed by atoms with E-state index in [0.29, 0.717) is 24.5 Å². The molecule has 0 fully saturated rings. The molecule has 0 unspecified atom stereocenters. The zero-order valence-corrected chi connectivity index (χ0v) is 9.06. The summed E-state index contributed by atoms with van der Waals surface area (Å²) in [6.45, 7) is 1.22. The van der Waals surface area contributed by atoms with Crippen molar-refractivity contribution in [2.75, 3.05) is 5.32 Å². The molecule has 0 saturated carbocycles. The van der Waals surface area contributed by atoms with Crippen molar-refractivity contribution in [2.24, 2.45) is 0 Å². The summed E-state index contributed by atoms with van der Waals surface area (Å²) >= 11 is 0. The Hall–Kier alpha value is -2.14. The van der Waals surface area contributed by atoms with Crippen molar-refractivity contribution in [1.29, 1.82) is 0 Å². The van der Waals surface area contributed by atoms with E-state index in [1.54, 1.807) is 12.4 Å². The highest BCUT2D eigenvalue weighted by molar-refractivity contribution is 6.04. The maximum Gasteiger partial charge on any atom is 0.255 e. The van der Waals surface area contributed by atoms with Crippen molar-refractivity contribution >= 4 is 11.6 Å². The summed E-state index contributed by atoms with van der Waals surface area (Å²) in [6.07, 6.45) is 3.20. The van der Waals surface area contributed by atoms with Gasteiger partial charge in [-0.1, -0.05) is 6.07 Å². The molecule has 0 saturated heterocycles. The number of hydrogen-bond acceptors (Lipinski definition) is 3. The van der Waals surface area contributed by atoms with E-state index in [-0.39, 0.29) is 5.91 Å². The van der Waals surface area contributed by atoms with Gasteiger partial charge in [-0.15, -0.1) is 0 Å². The number of ether oxygens (including phenoxy) is 1. The topological polar surface area (TPSA) is 67.0 Å². The van der Waals surface area contributed by atoms with Crippen LogP contribution in [0.5, 0.6) is 0 Å². The molecule has 5 heteroatoms. The standard InChI is InChI=1S/C12H11N3O2/c16-12(15-11-4-13-14-5-11)8-1-2-9-6-17-7-10(9)3-8/h1-5H,6-7H2,(H,13,14)(H,15,16). The number of hydrogen-bond donors (Lipinski definition) is 2. The van der Waals surface area contributed by atoms with Crippen LogP contribution in [-0.2, 0) is 18.0 Å². The maximum atomic E-state index is 11.9. The number of nitrogens with zero attached hydrogens (tertiary/aromatic N) is 1. The predicted molar refractivity (Wildman–Crippen MR) is 61.5 cm³/mol. The van der Waals surface area contributed by atoms with E-state index in [1.165, 1.54) is 0 Å². The second-order valence-electron chi connectivity index (χ2n) is 3.92. The molecule has 1 aliphatic heterocycles. The molecule has 86 valence electrons. The summed E-state index contributed by atoms with van der Waals surface area (Å²) in [7, 11) is 0. The summed E-state index contributed by atoms with van der Waals surface area (Å²) in [6, 6.07) is 5.62. The molecule has 1 aliphatic rings. The molecule has 2 aromatic rings. The van der Waals surface area contributed by atoms with Crippen molar-refractivity contribution in [3.8, 4) is 0 Å². The molecule has 1 aromatic carbocycles. The van der Waals surface area contributed by atoms with Crippen LogP contribution in [0, 0.1) is 0 Å². The van der Waals surface area contributed by atoms with E-state index in [9.17, 15) is 4.79 Å². The quantitative estimate of drug-likeness (QED) is 0.823. The minimum atomic E-state index is -0.138. The largest absolute Gasteiger partial charge is 0.372 e. The lowest BCUT2D eigenvalue weighted by atomic mass is 10.1. The second-order valence-corrected chi connectivity index (χ2v) is 3.92. The van der Waals surface area contributed by atoms with E-state index < -0.39 is 0 Å². The molecule has 5 nitrogen and oxygen atoms in total. The molecule has 2 N–H and O–H groups in total. The van der Waals surface area contributed by atoms with Crippen LogP contribution < -0.4 is 5.32 Å². The first-order valence-corrected chi connectivity index (χ1v) is 5.32. The first kappa shape index (κ1) is 10.0. The van der Waals surface area contributed by atoms with Crippen LogP contribution >= 0.6 is 0 Å². The first-order valence-electron chi connectivity index (χ1n) is 5.32. The van der Waals surface area contributed by atoms with Gasteiger partial charge in [0.05, 0.1) is 25.1 Å². The summed E-state index contributed by atoms with van der Waals surface area (Å²) in [5.74, 6) is -0.138. The van der Waals surface area contributed by atoms with Gasteiger partial charge in [-0.25, -0.2) is 0 Å². The molecule has 17 heavy (non-hydrogen) atoms. The third-order valence-electron chi connectivity index (χ3n) is 2.74. The fourth-order valence-corrected chi connectivity index (χ4v) is 1.84. The lowest BCUT2D eigenvalue weighted by molar-refractivity contribution is 0.102. The monoisotopic (exact) mass is 229 g/mol. The highest BCUT2D eigenvalue weighted by Crippen LogP contribution is 2.21. The second kappa shape index (κ2) is 4.03. The van der Waals surface area contributed by atoms with Crippen LogP contribution in [0.4, 0.5) is 5.69 Å². The molecular weight excluding hydrogens is 218 g/mol. The van der Waals surface area contributed by atoms with Crippen molar-refractivity contribution in [3.05, 3.63) is 47.3 Å². The third-order valence-corrected chi connectivity index (χ3v) is 2.74. The van der Waals surface area contributed by atoms with Gasteiger partial charge in [-0.2, -0.15) is 5.10 Å². The van der Waals surface area contributed by atoms with Gasteiger partial charge in [0, 0.05) is 11.8 Å². The minimum absolute atomic E-state index is 0.138. The zero-order chi connectivity index (χ0) is 11.7. The molecule has 1 amide bonds. The summed E-state index contributed by atoms with van der Waals surface area (Å²) in [4.78, 5) is 11.9. The molecule has 0 bridgehead atoms. The number of aromatic nitrogens is 2. The van der Waals surface area contributed by atoms with Crippen molar-refractivity contribution in [2.45, 2.75) is 13.2 Å². The summed E-state index contributed by atoms with van der Waals surface area (Å²) in [5, 5.41) is 9.17. The fourth-order valence-electron chi connectivity index (χ4n) is 1.84. The Bertz CT molecular complexity index is 549. The van der Waals surface area contributed by atoms with Gasteiger partial charge >= 0.3 is 0 Å². The Morgan fingerprint density at radius 1 is 1.35 bits per heavy atom. The summed E-state index contributed by atoms with van der Waals surface area (Å²) in [5.41, 5.74) is 3.54. The van der Waals surface area contributed by atoms with Gasteiger partial charge in [-0.3, -0.25) is 9.89 Å². The van der Waals surface area contributed by atoms with Gasteiger partial charge in [0.15, 0.2) is 0 Å². The van der Waals surface area contributed by atoms with E-state index in [0.717, 1.165) is 11.1 Å². The molecule has 1 aromatic heterocycles. The first-order chi connectivity index (χ1) is 8.33. The van der Waals surface area contributed by atoms with Gasteiger partial charge in [0.2, 0.25) is 0 Å². The highest BCUT2D eigenvalue weighted by Gasteiger charge is 2.14. The fraction of sp³-hybridized carbons (Fsp3) is 0.167. The number of anilines is 1. The lowest BCUT2D eigenvalue weighted by Crippen LogP contribution is -2.11. The predicted octanol–water partition coefficient (Wildman–Crippen LogP) is 1.69. The third kappa shape index (κ3) is 1.92. The normalized spacial score (nSPS) is 13.4. The van der Waals surface area contributed by atoms with Gasteiger partial charge in [0.1, 0.15) is 0 Å². The number of fused-ring (bicyclic) bond motifs is 1. The number of nitrogens with one attached hydrogen (secondary N) is 2. The average molecular weight is 229 g/mol. The van der Waals surface area contributed by atoms with Crippen LogP contribution in [0.1, 0.15) is 21.5 Å². The number of carbonyl (C=O) groups is 1. The maximum absolute atomic E-state index is 11.9. The Morgan fingerprint density at radius 2 is 2.24 bits per heavy atom. The summed E-state index contributed by atoms with van der Waals surface area (Å²) < 4.78 is 5.31. The molecule has 0 spiro atoms. The van der Waals surface area contributed by atoms with E-state index in [4.69, 9.17) is 4.74 Å². The SMILES string of the molecule is O=C(Nc1cn[nH]c1)c1ccc2c(c1)COC2. The molecule has 3 rings (SSSR count).